The monoisotopic (exact) mass is 506 g/mol. The van der Waals surface area contributed by atoms with Crippen molar-refractivity contribution < 1.29 is 28.8 Å². The van der Waals surface area contributed by atoms with E-state index >= 15 is 0 Å². The number of carbonyl (C=O) groups excluding carboxylic acids is 5. The van der Waals surface area contributed by atoms with Crippen molar-refractivity contribution in [3.8, 4) is 0 Å². The summed E-state index contributed by atoms with van der Waals surface area (Å²) in [6.07, 6.45) is 8.13. The summed E-state index contributed by atoms with van der Waals surface area (Å²) in [4.78, 5) is 64.3. The number of benzene rings is 2. The minimum atomic E-state index is -0.540. The number of hydrogen-bond donors (Lipinski definition) is 1. The number of hydroxylamine groups is 2. The Labute approximate surface area is 217 Å². The molecule has 0 aliphatic carbocycles. The number of ketones is 1. The maximum absolute atomic E-state index is 12.5. The lowest BCUT2D eigenvalue weighted by Gasteiger charge is -2.12. The van der Waals surface area contributed by atoms with Gasteiger partial charge in [-0.1, -0.05) is 81.0 Å². The maximum Gasteiger partial charge on any atom is 0.333 e. The fraction of sp³-hybridized carbons (Fsp3) is 0.414. The Balaban J connectivity index is 1.18. The zero-order valence-electron chi connectivity index (χ0n) is 21.1. The molecule has 1 heterocycles. The minimum absolute atomic E-state index is 0.0667. The van der Waals surface area contributed by atoms with Crippen LogP contribution < -0.4 is 5.32 Å². The fourth-order valence-electron chi connectivity index (χ4n) is 4.09. The molecule has 3 amide bonds. The standard InChI is InChI=1S/C29H34N2O6/c32-25-19-20-26(33)31(25)37-27(34)14-10-5-3-1-2-4-6-11-21-30-29(36)24-17-15-23(16-18-24)28(35)22-12-8-7-9-13-22/h7-9,12-13,15-18H,1-6,10-11,14,19-21H2,(H,30,36). The molecule has 0 bridgehead atoms. The average molecular weight is 507 g/mol. The predicted octanol–water partition coefficient (Wildman–Crippen LogP) is 4.77. The van der Waals surface area contributed by atoms with Crippen LogP contribution in [0.25, 0.3) is 0 Å². The first-order valence-electron chi connectivity index (χ1n) is 13.0. The third kappa shape index (κ3) is 8.97. The topological polar surface area (TPSA) is 110 Å². The zero-order chi connectivity index (χ0) is 26.5. The molecule has 0 atom stereocenters. The Hall–Kier alpha value is -3.81. The molecule has 0 unspecified atom stereocenters. The van der Waals surface area contributed by atoms with Crippen molar-refractivity contribution >= 4 is 29.5 Å². The molecule has 8 nitrogen and oxygen atoms in total. The smallest absolute Gasteiger partial charge is 0.333 e. The van der Waals surface area contributed by atoms with Gasteiger partial charge in [-0.15, -0.1) is 5.06 Å². The van der Waals surface area contributed by atoms with Crippen LogP contribution in [0.2, 0.25) is 0 Å². The van der Waals surface area contributed by atoms with Crippen LogP contribution in [0.4, 0.5) is 0 Å². The molecule has 1 aliphatic rings. The molecule has 2 aromatic carbocycles. The van der Waals surface area contributed by atoms with Gasteiger partial charge in [0.25, 0.3) is 17.7 Å². The summed E-state index contributed by atoms with van der Waals surface area (Å²) in [5.74, 6) is -1.66. The van der Waals surface area contributed by atoms with Gasteiger partial charge in [0.2, 0.25) is 0 Å². The highest BCUT2D eigenvalue weighted by Crippen LogP contribution is 2.15. The summed E-state index contributed by atoms with van der Waals surface area (Å²) in [7, 11) is 0. The van der Waals surface area contributed by atoms with Gasteiger partial charge in [-0.2, -0.15) is 0 Å². The van der Waals surface area contributed by atoms with E-state index in [2.05, 4.69) is 5.32 Å². The number of nitrogens with one attached hydrogen (secondary N) is 1. The van der Waals surface area contributed by atoms with Crippen molar-refractivity contribution in [2.45, 2.75) is 70.6 Å². The fourth-order valence-corrected chi connectivity index (χ4v) is 4.09. The highest BCUT2D eigenvalue weighted by atomic mass is 16.7. The van der Waals surface area contributed by atoms with Crippen molar-refractivity contribution in [1.29, 1.82) is 0 Å². The zero-order valence-corrected chi connectivity index (χ0v) is 21.1. The molecule has 0 aromatic heterocycles. The number of hydrogen-bond acceptors (Lipinski definition) is 6. The van der Waals surface area contributed by atoms with Crippen LogP contribution >= 0.6 is 0 Å². The second-order valence-corrected chi connectivity index (χ2v) is 9.15. The highest BCUT2D eigenvalue weighted by molar-refractivity contribution is 6.09. The Bertz CT molecular complexity index is 1070. The summed E-state index contributed by atoms with van der Waals surface area (Å²) in [5, 5.41) is 3.52. The number of carbonyl (C=O) groups is 5. The summed E-state index contributed by atoms with van der Waals surface area (Å²) in [6, 6.07) is 15.8. The van der Waals surface area contributed by atoms with Crippen LogP contribution in [-0.4, -0.2) is 41.1 Å². The predicted molar refractivity (Wildman–Crippen MR) is 137 cm³/mol. The molecular weight excluding hydrogens is 472 g/mol. The third-order valence-electron chi connectivity index (χ3n) is 6.24. The Kier molecular flexibility index (Phi) is 11.0. The van der Waals surface area contributed by atoms with Crippen LogP contribution in [-0.2, 0) is 19.2 Å². The first-order chi connectivity index (χ1) is 18.0. The van der Waals surface area contributed by atoms with Gasteiger partial charge in [-0.25, -0.2) is 4.79 Å². The minimum Gasteiger partial charge on any atom is -0.352 e. The Morgan fingerprint density at radius 2 is 1.19 bits per heavy atom. The van der Waals surface area contributed by atoms with Crippen molar-refractivity contribution in [3.05, 3.63) is 71.3 Å². The second kappa shape index (κ2) is 14.7. The lowest BCUT2D eigenvalue weighted by molar-refractivity contribution is -0.197. The molecule has 196 valence electrons. The lowest BCUT2D eigenvalue weighted by Crippen LogP contribution is -2.31. The number of unbranched alkanes of at least 4 members (excludes halogenated alkanes) is 7. The van der Waals surface area contributed by atoms with Crippen LogP contribution in [0.5, 0.6) is 0 Å². The van der Waals surface area contributed by atoms with Crippen LogP contribution in [0.1, 0.15) is 96.9 Å². The highest BCUT2D eigenvalue weighted by Gasteiger charge is 2.32. The average Bonchev–Trinajstić information content (AvgIpc) is 3.23. The van der Waals surface area contributed by atoms with E-state index in [0.29, 0.717) is 34.7 Å². The second-order valence-electron chi connectivity index (χ2n) is 9.15. The van der Waals surface area contributed by atoms with E-state index in [4.69, 9.17) is 4.84 Å². The van der Waals surface area contributed by atoms with Gasteiger partial charge in [0.05, 0.1) is 0 Å². The summed E-state index contributed by atoms with van der Waals surface area (Å²) < 4.78 is 0. The molecule has 1 N–H and O–H groups in total. The van der Waals surface area contributed by atoms with Crippen LogP contribution in [0, 0.1) is 0 Å². The Morgan fingerprint density at radius 3 is 1.81 bits per heavy atom. The van der Waals surface area contributed by atoms with Crippen LogP contribution in [0.3, 0.4) is 0 Å². The molecule has 3 rings (SSSR count). The lowest BCUT2D eigenvalue weighted by atomic mass is 10.0. The third-order valence-corrected chi connectivity index (χ3v) is 6.24. The largest absolute Gasteiger partial charge is 0.352 e. The van der Waals surface area contributed by atoms with Crippen molar-refractivity contribution in [3.63, 3.8) is 0 Å². The van der Waals surface area contributed by atoms with Gasteiger partial charge in [0.15, 0.2) is 5.78 Å². The van der Waals surface area contributed by atoms with Gasteiger partial charge >= 0.3 is 5.97 Å². The molecule has 8 heteroatoms. The Morgan fingerprint density at radius 1 is 0.676 bits per heavy atom. The molecule has 1 aliphatic heterocycles. The molecule has 0 radical (unpaired) electrons. The number of rotatable bonds is 15. The summed E-state index contributed by atoms with van der Waals surface area (Å²) >= 11 is 0. The van der Waals surface area contributed by atoms with Gasteiger partial charge in [0, 0.05) is 42.5 Å². The number of nitrogens with zero attached hydrogens (tertiary/aromatic N) is 1. The van der Waals surface area contributed by atoms with Crippen molar-refractivity contribution in [2.75, 3.05) is 6.54 Å². The van der Waals surface area contributed by atoms with E-state index in [1.54, 1.807) is 36.4 Å². The van der Waals surface area contributed by atoms with E-state index in [-0.39, 0.29) is 31.0 Å². The van der Waals surface area contributed by atoms with Gasteiger partial charge in [0.1, 0.15) is 0 Å². The van der Waals surface area contributed by atoms with Gasteiger partial charge in [-0.3, -0.25) is 19.2 Å². The first kappa shape index (κ1) is 27.8. The number of imide groups is 1. The van der Waals surface area contributed by atoms with E-state index in [0.717, 1.165) is 44.9 Å². The van der Waals surface area contributed by atoms with E-state index in [1.165, 1.54) is 0 Å². The normalized spacial score (nSPS) is 13.0. The van der Waals surface area contributed by atoms with E-state index < -0.39 is 17.8 Å². The van der Waals surface area contributed by atoms with Crippen molar-refractivity contribution in [2.24, 2.45) is 0 Å². The number of amides is 3. The molecule has 0 saturated carbocycles. The van der Waals surface area contributed by atoms with E-state index in [9.17, 15) is 24.0 Å². The molecule has 1 saturated heterocycles. The SMILES string of the molecule is O=C(CCCCCCCCCCNC(=O)c1ccc(C(=O)c2ccccc2)cc1)ON1C(=O)CCC1=O. The molecule has 37 heavy (non-hydrogen) atoms. The molecule has 0 spiro atoms. The summed E-state index contributed by atoms with van der Waals surface area (Å²) in [5.41, 5.74) is 1.71. The molecule has 1 fully saturated rings. The maximum atomic E-state index is 12.5. The van der Waals surface area contributed by atoms with Crippen molar-refractivity contribution in [1.82, 2.24) is 10.4 Å². The summed E-state index contributed by atoms with van der Waals surface area (Å²) in [6.45, 7) is 0.605. The van der Waals surface area contributed by atoms with E-state index in [1.807, 2.05) is 18.2 Å². The molecular formula is C29H34N2O6. The van der Waals surface area contributed by atoms with Crippen LogP contribution in [0.15, 0.2) is 54.6 Å². The molecule has 2 aromatic rings. The van der Waals surface area contributed by atoms with Gasteiger partial charge < -0.3 is 10.2 Å². The quantitative estimate of drug-likeness (QED) is 0.212. The first-order valence-corrected chi connectivity index (χ1v) is 13.0. The van der Waals surface area contributed by atoms with Gasteiger partial charge in [-0.05, 0) is 25.0 Å².